The van der Waals surface area contributed by atoms with Crippen LogP contribution in [0.2, 0.25) is 0 Å². The number of nitrogens with one attached hydrogen (secondary N) is 1. The number of rotatable bonds is 3. The van der Waals surface area contributed by atoms with Crippen LogP contribution in [0.1, 0.15) is 46.1 Å². The summed E-state index contributed by atoms with van der Waals surface area (Å²) in [6.45, 7) is 10.8. The summed E-state index contributed by atoms with van der Waals surface area (Å²) in [5, 5.41) is 3.33. The van der Waals surface area contributed by atoms with Gasteiger partial charge in [-0.2, -0.15) is 0 Å². The largest absolute Gasteiger partial charge is 0.354 e. The van der Waals surface area contributed by atoms with E-state index < -0.39 is 0 Å². The lowest BCUT2D eigenvalue weighted by molar-refractivity contribution is 0.415. The predicted octanol–water partition coefficient (Wildman–Crippen LogP) is 3.35. The summed E-state index contributed by atoms with van der Waals surface area (Å²) < 4.78 is 14.6. The molecule has 2 rings (SSSR count). The minimum absolute atomic E-state index is 0.0183. The van der Waals surface area contributed by atoms with Crippen LogP contribution in [0, 0.1) is 11.7 Å². The lowest BCUT2D eigenvalue weighted by Gasteiger charge is -2.32. The van der Waals surface area contributed by atoms with E-state index in [0.717, 1.165) is 19.5 Å². The van der Waals surface area contributed by atoms with E-state index in [1.165, 1.54) is 6.42 Å². The summed E-state index contributed by atoms with van der Waals surface area (Å²) in [6, 6.07) is 1.77. The number of aromatic nitrogens is 1. The van der Waals surface area contributed by atoms with Crippen LogP contribution in [-0.2, 0) is 6.54 Å². The number of pyridine rings is 1. The third-order valence-electron chi connectivity index (χ3n) is 3.72. The molecule has 2 heterocycles. The molecule has 112 valence electrons. The third-order valence-corrected chi connectivity index (χ3v) is 3.72. The number of piperidine rings is 1. The molecule has 3 nitrogen and oxygen atoms in total. The Morgan fingerprint density at radius 1 is 1.45 bits per heavy atom. The van der Waals surface area contributed by atoms with Gasteiger partial charge in [0.1, 0.15) is 0 Å². The quantitative estimate of drug-likeness (QED) is 0.919. The molecular formula is C16H26FN3. The second-order valence-electron chi connectivity index (χ2n) is 6.90. The maximum absolute atomic E-state index is 14.6. The van der Waals surface area contributed by atoms with Gasteiger partial charge in [0.25, 0.3) is 0 Å². The van der Waals surface area contributed by atoms with Gasteiger partial charge in [0.05, 0.1) is 0 Å². The summed E-state index contributed by atoms with van der Waals surface area (Å²) in [5.74, 6) is 0.962. The van der Waals surface area contributed by atoms with Crippen LogP contribution < -0.4 is 10.2 Å². The van der Waals surface area contributed by atoms with Gasteiger partial charge in [-0.25, -0.2) is 9.37 Å². The van der Waals surface area contributed by atoms with E-state index in [-0.39, 0.29) is 11.4 Å². The second-order valence-corrected chi connectivity index (χ2v) is 6.90. The first kappa shape index (κ1) is 15.2. The Labute approximate surface area is 121 Å². The average molecular weight is 279 g/mol. The first-order valence-electron chi connectivity index (χ1n) is 7.50. The monoisotopic (exact) mass is 279 g/mol. The molecule has 0 amide bonds. The average Bonchev–Trinajstić information content (AvgIpc) is 2.36. The molecule has 1 aromatic rings. The lowest BCUT2D eigenvalue weighted by Crippen LogP contribution is -2.37. The van der Waals surface area contributed by atoms with Crippen molar-refractivity contribution in [2.75, 3.05) is 18.0 Å². The van der Waals surface area contributed by atoms with Crippen LogP contribution >= 0.6 is 0 Å². The van der Waals surface area contributed by atoms with Gasteiger partial charge in [-0.15, -0.1) is 0 Å². The predicted molar refractivity (Wildman–Crippen MR) is 81.4 cm³/mol. The topological polar surface area (TPSA) is 28.2 Å². The van der Waals surface area contributed by atoms with Gasteiger partial charge in [-0.05, 0) is 45.6 Å². The fourth-order valence-electron chi connectivity index (χ4n) is 2.57. The number of hydrogen-bond donors (Lipinski definition) is 1. The highest BCUT2D eigenvalue weighted by Crippen LogP contribution is 2.25. The van der Waals surface area contributed by atoms with E-state index in [4.69, 9.17) is 0 Å². The van der Waals surface area contributed by atoms with Crippen molar-refractivity contribution in [3.8, 4) is 0 Å². The van der Waals surface area contributed by atoms with Gasteiger partial charge in [0.15, 0.2) is 11.6 Å². The van der Waals surface area contributed by atoms with Gasteiger partial charge in [0, 0.05) is 36.9 Å². The van der Waals surface area contributed by atoms with Gasteiger partial charge < -0.3 is 10.2 Å². The van der Waals surface area contributed by atoms with Gasteiger partial charge >= 0.3 is 0 Å². The fraction of sp³-hybridized carbons (Fsp3) is 0.688. The maximum Gasteiger partial charge on any atom is 0.170 e. The van der Waals surface area contributed by atoms with Crippen molar-refractivity contribution in [2.45, 2.75) is 52.6 Å². The number of hydrogen-bond acceptors (Lipinski definition) is 3. The minimum atomic E-state index is -0.168. The summed E-state index contributed by atoms with van der Waals surface area (Å²) >= 11 is 0. The Morgan fingerprint density at radius 3 is 2.85 bits per heavy atom. The molecule has 0 aromatic carbocycles. The van der Waals surface area contributed by atoms with Gasteiger partial charge in [0.2, 0.25) is 0 Å². The number of nitrogens with zero attached hydrogens (tertiary/aromatic N) is 2. The van der Waals surface area contributed by atoms with Crippen LogP contribution in [0.4, 0.5) is 10.2 Å². The normalized spacial score (nSPS) is 20.2. The molecule has 0 aliphatic carbocycles. The lowest BCUT2D eigenvalue weighted by atomic mass is 10.00. The van der Waals surface area contributed by atoms with Crippen LogP contribution in [0.3, 0.4) is 0 Å². The van der Waals surface area contributed by atoms with Crippen molar-refractivity contribution in [3.63, 3.8) is 0 Å². The zero-order chi connectivity index (χ0) is 14.8. The van der Waals surface area contributed by atoms with E-state index in [1.54, 1.807) is 12.3 Å². The molecular weight excluding hydrogens is 253 g/mol. The van der Waals surface area contributed by atoms with Crippen molar-refractivity contribution in [3.05, 3.63) is 23.6 Å². The highest BCUT2D eigenvalue weighted by molar-refractivity contribution is 5.43. The van der Waals surface area contributed by atoms with E-state index in [0.29, 0.717) is 23.8 Å². The molecule has 1 aliphatic rings. The Balaban J connectivity index is 2.14. The molecule has 0 radical (unpaired) electrons. The highest BCUT2D eigenvalue weighted by atomic mass is 19.1. The van der Waals surface area contributed by atoms with Crippen LogP contribution in [0.15, 0.2) is 12.3 Å². The van der Waals surface area contributed by atoms with Crippen molar-refractivity contribution >= 4 is 5.82 Å². The molecule has 1 aromatic heterocycles. The van der Waals surface area contributed by atoms with Crippen molar-refractivity contribution in [1.29, 1.82) is 0 Å². The highest BCUT2D eigenvalue weighted by Gasteiger charge is 2.22. The van der Waals surface area contributed by atoms with Crippen LogP contribution in [-0.4, -0.2) is 23.6 Å². The van der Waals surface area contributed by atoms with Gasteiger partial charge in [-0.1, -0.05) is 6.92 Å². The van der Waals surface area contributed by atoms with Crippen LogP contribution in [0.5, 0.6) is 0 Å². The Morgan fingerprint density at radius 2 is 2.20 bits per heavy atom. The Hall–Kier alpha value is -1.16. The Kier molecular flexibility index (Phi) is 4.63. The van der Waals surface area contributed by atoms with Gasteiger partial charge in [-0.3, -0.25) is 0 Å². The maximum atomic E-state index is 14.6. The van der Waals surface area contributed by atoms with E-state index in [2.05, 4.69) is 42.9 Å². The molecule has 4 heteroatoms. The molecule has 1 unspecified atom stereocenters. The molecule has 0 bridgehead atoms. The van der Waals surface area contributed by atoms with E-state index >= 15 is 0 Å². The van der Waals surface area contributed by atoms with E-state index in [1.807, 2.05) is 0 Å². The van der Waals surface area contributed by atoms with Crippen molar-refractivity contribution in [1.82, 2.24) is 10.3 Å². The number of halogens is 1. The Bertz CT molecular complexity index is 454. The molecule has 1 fully saturated rings. The zero-order valence-electron chi connectivity index (χ0n) is 13.0. The smallest absolute Gasteiger partial charge is 0.170 e. The molecule has 0 saturated carbocycles. The summed E-state index contributed by atoms with van der Waals surface area (Å²) in [4.78, 5) is 6.35. The molecule has 0 spiro atoms. The first-order valence-corrected chi connectivity index (χ1v) is 7.50. The standard InChI is InChI=1S/C16H26FN3/c1-12-6-5-9-20(11-12)15-14(17)13(7-8-18-15)10-19-16(2,3)4/h7-8,12,19H,5-6,9-11H2,1-4H3. The molecule has 1 aliphatic heterocycles. The fourth-order valence-corrected chi connectivity index (χ4v) is 2.57. The molecule has 1 saturated heterocycles. The third kappa shape index (κ3) is 3.92. The SMILES string of the molecule is CC1CCCN(c2nccc(CNC(C)(C)C)c2F)C1. The molecule has 20 heavy (non-hydrogen) atoms. The zero-order valence-corrected chi connectivity index (χ0v) is 13.0. The minimum Gasteiger partial charge on any atom is -0.354 e. The summed E-state index contributed by atoms with van der Waals surface area (Å²) in [7, 11) is 0. The van der Waals surface area contributed by atoms with Crippen molar-refractivity contribution < 1.29 is 4.39 Å². The second kappa shape index (κ2) is 6.08. The molecule has 1 atom stereocenters. The summed E-state index contributed by atoms with van der Waals surface area (Å²) in [5.41, 5.74) is 0.679. The number of anilines is 1. The van der Waals surface area contributed by atoms with E-state index in [9.17, 15) is 4.39 Å². The summed E-state index contributed by atoms with van der Waals surface area (Å²) in [6.07, 6.45) is 4.06. The van der Waals surface area contributed by atoms with Crippen LogP contribution in [0.25, 0.3) is 0 Å². The van der Waals surface area contributed by atoms with Crippen molar-refractivity contribution in [2.24, 2.45) is 5.92 Å². The first-order chi connectivity index (χ1) is 9.37. The molecule has 1 N–H and O–H groups in total.